The molecular formula is C24H22N2O. The number of nitrogens with zero attached hydrogens (tertiary/aromatic N) is 1. The lowest BCUT2D eigenvalue weighted by atomic mass is 9.79. The molecule has 3 heteroatoms. The van der Waals surface area contributed by atoms with Gasteiger partial charge in [-0.15, -0.1) is 0 Å². The summed E-state index contributed by atoms with van der Waals surface area (Å²) >= 11 is 0. The fourth-order valence-corrected chi connectivity index (χ4v) is 4.32. The Labute approximate surface area is 165 Å². The Morgan fingerprint density at radius 3 is 2.59 bits per heavy atom. The minimum absolute atomic E-state index is 0.0186. The molecule has 27 heavy (non-hydrogen) atoms. The highest BCUT2D eigenvalue weighted by Gasteiger charge is 2.33. The second-order valence-corrected chi connectivity index (χ2v) is 6.96. The summed E-state index contributed by atoms with van der Waals surface area (Å²) in [5, 5.41) is 10.9. The number of phenolic OH excluding ortho intramolecular Hbond substituents is 1. The number of benzene rings is 3. The van der Waals surface area contributed by atoms with Crippen LogP contribution in [-0.2, 0) is 6.42 Å². The highest BCUT2D eigenvalue weighted by Crippen LogP contribution is 2.45. The summed E-state index contributed by atoms with van der Waals surface area (Å²) in [4.78, 5) is 0. The van der Waals surface area contributed by atoms with Gasteiger partial charge >= 0.3 is 0 Å². The van der Waals surface area contributed by atoms with E-state index < -0.39 is 12.1 Å². The van der Waals surface area contributed by atoms with E-state index >= 15 is 0 Å². The zero-order chi connectivity index (χ0) is 22.7. The molecule has 1 aromatic heterocycles. The fourth-order valence-electron chi connectivity index (χ4n) is 4.32. The van der Waals surface area contributed by atoms with Crippen molar-refractivity contribution in [3.63, 3.8) is 0 Å². The van der Waals surface area contributed by atoms with Crippen molar-refractivity contribution in [2.45, 2.75) is 24.8 Å². The first-order valence-electron chi connectivity index (χ1n) is 11.5. The lowest BCUT2D eigenvalue weighted by Crippen LogP contribution is -2.27. The van der Waals surface area contributed by atoms with Gasteiger partial charge in [-0.2, -0.15) is 0 Å². The molecule has 5 rings (SSSR count). The molecule has 0 aliphatic heterocycles. The van der Waals surface area contributed by atoms with Crippen LogP contribution >= 0.6 is 0 Å². The Kier molecular flexibility index (Phi) is 2.71. The van der Waals surface area contributed by atoms with Crippen molar-refractivity contribution in [2.75, 3.05) is 0 Å². The molecule has 0 fully saturated rings. The Bertz CT molecular complexity index is 1340. The van der Waals surface area contributed by atoms with Gasteiger partial charge < -0.3 is 15.4 Å². The number of aryl methyl sites for hydroxylation is 1. The van der Waals surface area contributed by atoms with Crippen molar-refractivity contribution in [2.24, 2.45) is 5.73 Å². The summed E-state index contributed by atoms with van der Waals surface area (Å²) in [5.41, 5.74) is 10.4. The van der Waals surface area contributed by atoms with E-state index in [9.17, 15) is 5.11 Å². The van der Waals surface area contributed by atoms with E-state index in [-0.39, 0.29) is 41.5 Å². The quantitative estimate of drug-likeness (QED) is 0.525. The summed E-state index contributed by atoms with van der Waals surface area (Å²) in [6, 6.07) is 12.7. The van der Waals surface area contributed by atoms with E-state index in [1.54, 1.807) is 22.8 Å². The average molecular weight is 359 g/mol. The molecule has 0 radical (unpaired) electrons. The number of hydrogen-bond acceptors (Lipinski definition) is 2. The predicted octanol–water partition coefficient (Wildman–Crippen LogP) is 5.07. The van der Waals surface area contributed by atoms with E-state index in [4.69, 9.17) is 12.6 Å². The first kappa shape index (κ1) is 11.6. The number of para-hydroxylation sites is 1. The predicted molar refractivity (Wildman–Crippen MR) is 109 cm³/mol. The zero-order valence-corrected chi connectivity index (χ0v) is 14.7. The molecule has 3 N–H and O–H groups in total. The van der Waals surface area contributed by atoms with Crippen LogP contribution in [-0.4, -0.2) is 9.67 Å². The zero-order valence-electron chi connectivity index (χ0n) is 19.7. The molecule has 0 spiro atoms. The molecule has 2 atom stereocenters. The average Bonchev–Trinajstić information content (AvgIpc) is 3.11. The molecule has 3 aromatic carbocycles. The number of aromatic hydroxyl groups is 1. The molecule has 1 heterocycles. The summed E-state index contributed by atoms with van der Waals surface area (Å²) in [6.45, 7) is 0. The van der Waals surface area contributed by atoms with Crippen LogP contribution in [0.4, 0.5) is 0 Å². The largest absolute Gasteiger partial charge is 0.508 e. The van der Waals surface area contributed by atoms with Crippen molar-refractivity contribution < 1.29 is 12.0 Å². The van der Waals surface area contributed by atoms with E-state index in [0.29, 0.717) is 11.9 Å². The summed E-state index contributed by atoms with van der Waals surface area (Å²) in [7, 11) is 0. The maximum absolute atomic E-state index is 10.1. The summed E-state index contributed by atoms with van der Waals surface area (Å²) in [5.74, 6) is 0.127. The molecule has 0 saturated carbocycles. The monoisotopic (exact) mass is 359 g/mol. The fraction of sp³-hybridized carbons (Fsp3) is 0.167. The van der Waals surface area contributed by atoms with Gasteiger partial charge in [0.15, 0.2) is 0 Å². The van der Waals surface area contributed by atoms with Gasteiger partial charge in [-0.1, -0.05) is 48.5 Å². The van der Waals surface area contributed by atoms with E-state index in [1.807, 2.05) is 30.3 Å². The van der Waals surface area contributed by atoms with Gasteiger partial charge in [0.2, 0.25) is 0 Å². The molecule has 1 aliphatic carbocycles. The second-order valence-electron chi connectivity index (χ2n) is 6.96. The lowest BCUT2D eigenvalue weighted by molar-refractivity contribution is 0.472. The third-order valence-corrected chi connectivity index (χ3v) is 5.49. The normalized spacial score (nSPS) is 21.7. The molecular weight excluding hydrogens is 332 g/mol. The van der Waals surface area contributed by atoms with Crippen LogP contribution in [0.3, 0.4) is 0 Å². The Morgan fingerprint density at radius 2 is 1.81 bits per heavy atom. The maximum Gasteiger partial charge on any atom is 0.116 e. The molecule has 134 valence electrons. The number of hydrogen-bond donors (Lipinski definition) is 2. The number of rotatable bonds is 2. The Morgan fingerprint density at radius 1 is 1.04 bits per heavy atom. The maximum atomic E-state index is 10.1. The smallest absolute Gasteiger partial charge is 0.116 e. The molecule has 3 nitrogen and oxygen atoms in total. The molecule has 0 amide bonds. The van der Waals surface area contributed by atoms with E-state index in [1.165, 1.54) is 0 Å². The highest BCUT2D eigenvalue weighted by atomic mass is 16.3. The standard InChI is InChI=1S/C24H22N2O/c25-23-19(16-7-3-1-4-8-16)12-13-20-21-15-18(27)11-14-22(21)26(24(20)23)17-9-5-2-6-10-17/h1-11,14-15,19,23,27H,12-13,25H2/i2D,5D,6D,9D,10D. The van der Waals surface area contributed by atoms with Gasteiger partial charge in [0, 0.05) is 22.7 Å². The van der Waals surface area contributed by atoms with Crippen LogP contribution in [0, 0.1) is 0 Å². The van der Waals surface area contributed by atoms with Crippen molar-refractivity contribution in [1.82, 2.24) is 4.57 Å². The number of nitrogens with two attached hydrogens (primary N) is 1. The van der Waals surface area contributed by atoms with Gasteiger partial charge in [0.25, 0.3) is 0 Å². The first-order valence-corrected chi connectivity index (χ1v) is 9.05. The van der Waals surface area contributed by atoms with Crippen molar-refractivity contribution in [3.8, 4) is 11.4 Å². The number of fused-ring (bicyclic) bond motifs is 3. The Hall–Kier alpha value is -3.04. The van der Waals surface area contributed by atoms with Gasteiger partial charge in [0.1, 0.15) is 5.75 Å². The van der Waals surface area contributed by atoms with Crippen LogP contribution in [0.1, 0.15) is 42.1 Å². The van der Waals surface area contributed by atoms with Gasteiger partial charge in [-0.3, -0.25) is 0 Å². The third-order valence-electron chi connectivity index (χ3n) is 5.49. The second kappa shape index (κ2) is 6.29. The van der Waals surface area contributed by atoms with Crippen LogP contribution in [0.2, 0.25) is 0 Å². The van der Waals surface area contributed by atoms with E-state index in [0.717, 1.165) is 28.6 Å². The number of aromatic nitrogens is 1. The molecule has 2 unspecified atom stereocenters. The van der Waals surface area contributed by atoms with Crippen LogP contribution in [0.5, 0.6) is 5.75 Å². The van der Waals surface area contributed by atoms with Crippen LogP contribution in [0.15, 0.2) is 78.7 Å². The van der Waals surface area contributed by atoms with Gasteiger partial charge in [-0.25, -0.2) is 0 Å². The minimum Gasteiger partial charge on any atom is -0.508 e. The van der Waals surface area contributed by atoms with Crippen molar-refractivity contribution >= 4 is 10.9 Å². The summed E-state index contributed by atoms with van der Waals surface area (Å²) < 4.78 is 43.1. The third kappa shape index (κ3) is 2.54. The van der Waals surface area contributed by atoms with Crippen LogP contribution < -0.4 is 5.73 Å². The van der Waals surface area contributed by atoms with E-state index in [2.05, 4.69) is 0 Å². The van der Waals surface area contributed by atoms with Crippen molar-refractivity contribution in [3.05, 3.63) is 95.6 Å². The molecule has 0 saturated heterocycles. The highest BCUT2D eigenvalue weighted by molar-refractivity contribution is 5.89. The number of phenols is 1. The van der Waals surface area contributed by atoms with Crippen molar-refractivity contribution in [1.29, 1.82) is 0 Å². The minimum atomic E-state index is -0.450. The SMILES string of the molecule is [2H]c1c([2H])c([2H])c(-n2c3c(c4cc(O)ccc42)CCC(c2ccccc2)C3N)c([2H])c1[2H]. The topological polar surface area (TPSA) is 51.2 Å². The molecule has 4 aromatic rings. The van der Waals surface area contributed by atoms with Gasteiger partial charge in [0.05, 0.1) is 18.4 Å². The Balaban J connectivity index is 1.86. The molecule has 1 aliphatic rings. The lowest BCUT2D eigenvalue weighted by Gasteiger charge is -2.31. The molecule has 0 bridgehead atoms. The first-order chi connectivity index (χ1) is 15.3. The van der Waals surface area contributed by atoms with Crippen LogP contribution in [0.25, 0.3) is 16.6 Å². The van der Waals surface area contributed by atoms with Gasteiger partial charge in [-0.05, 0) is 54.3 Å². The summed E-state index contributed by atoms with van der Waals surface area (Å²) in [6.07, 6.45) is 1.52.